The lowest BCUT2D eigenvalue weighted by atomic mass is 10.2. The van der Waals surface area contributed by atoms with Crippen LogP contribution in [0, 0.1) is 35.5 Å². The second-order valence-corrected chi connectivity index (χ2v) is 9.98. The van der Waals surface area contributed by atoms with Gasteiger partial charge in [-0.05, 0) is 27.7 Å². The van der Waals surface area contributed by atoms with E-state index in [0.29, 0.717) is 5.56 Å². The minimum absolute atomic E-state index is 0. The van der Waals surface area contributed by atoms with Crippen molar-refractivity contribution in [2.45, 2.75) is 89.8 Å². The quantitative estimate of drug-likeness (QED) is 0.368. The van der Waals surface area contributed by atoms with E-state index in [0.717, 1.165) is 0 Å². The summed E-state index contributed by atoms with van der Waals surface area (Å²) in [6, 6.07) is -0.0858. The number of carbonyl (C=O) groups excluding carboxylic acids is 2. The molecule has 2 aromatic heterocycles. The zero-order valence-corrected chi connectivity index (χ0v) is 24.3. The van der Waals surface area contributed by atoms with Crippen LogP contribution in [0.5, 0.6) is 0 Å². The van der Waals surface area contributed by atoms with Crippen molar-refractivity contribution >= 4 is 17.6 Å². The number of nitrogens with one attached hydrogen (secondary N) is 3. The Morgan fingerprint density at radius 1 is 0.791 bits per heavy atom. The second-order valence-electron chi connectivity index (χ2n) is 9.98. The molecule has 0 saturated carbocycles. The Kier molecular flexibility index (Phi) is 20.3. The number of hydrogen-bond acceptors (Lipinski definition) is 7. The van der Waals surface area contributed by atoms with Gasteiger partial charge < -0.3 is 16.4 Å². The Balaban J connectivity index is -0.000000696. The molecule has 2 amide bonds. The number of amides is 2. The van der Waals surface area contributed by atoms with Crippen molar-refractivity contribution in [2.24, 2.45) is 11.8 Å². The normalized spacial score (nSPS) is 9.58. The van der Waals surface area contributed by atoms with Crippen LogP contribution in [-0.4, -0.2) is 44.0 Å². The van der Waals surface area contributed by atoms with Crippen LogP contribution in [0.3, 0.4) is 0 Å². The van der Waals surface area contributed by atoms with E-state index in [2.05, 4.69) is 44.3 Å². The van der Waals surface area contributed by atoms with Crippen LogP contribution >= 0.6 is 0 Å². The van der Waals surface area contributed by atoms with E-state index in [-0.39, 0.29) is 82.5 Å². The number of carbonyl (C=O) groups is 2. The Morgan fingerprint density at radius 3 is 1.63 bits per heavy atom. The van der Waals surface area contributed by atoms with Crippen LogP contribution in [-0.2, 0) is 9.59 Å². The van der Waals surface area contributed by atoms with Gasteiger partial charge in [0, 0.05) is 36.3 Å². The standard InChI is InChI=1S/C14H20N4O2.C14H19N3O3.3CH4/c1-9(2)13(19)16-7-5-6-11-8-18(10(3)4)14(20)17-12(11)15;1-9(2)12(18)15-7-5-6-11-8-17(10(3)4)14(20)16-13(11)19;;;/h8-10H,7H2,1-4H3,(H,16,19)(H2,15,17,20);8-10H,7H2,1-4H3,(H,15,18)(H,16,19,20);3*1H4. The number of nitrogens with two attached hydrogens (primary N) is 1. The van der Waals surface area contributed by atoms with Crippen molar-refractivity contribution in [2.75, 3.05) is 18.8 Å². The highest BCUT2D eigenvalue weighted by molar-refractivity contribution is 5.78. The number of hydrogen-bond donors (Lipinski definition) is 4. The van der Waals surface area contributed by atoms with Gasteiger partial charge in [0.15, 0.2) is 0 Å². The van der Waals surface area contributed by atoms with Crippen LogP contribution < -0.4 is 33.3 Å². The molecule has 0 unspecified atom stereocenters. The van der Waals surface area contributed by atoms with Gasteiger partial charge in [0.1, 0.15) is 11.4 Å². The van der Waals surface area contributed by atoms with Crippen LogP contribution in [0.15, 0.2) is 26.8 Å². The molecule has 0 atom stereocenters. The highest BCUT2D eigenvalue weighted by Gasteiger charge is 2.08. The predicted molar refractivity (Wildman–Crippen MR) is 175 cm³/mol. The number of nitrogen functional groups attached to an aromatic ring is 1. The smallest absolute Gasteiger partial charge is 0.349 e. The molecular weight excluding hydrogens is 550 g/mol. The van der Waals surface area contributed by atoms with Crippen molar-refractivity contribution < 1.29 is 9.59 Å². The number of aromatic amines is 1. The Labute approximate surface area is 255 Å². The third kappa shape index (κ3) is 14.2. The van der Waals surface area contributed by atoms with E-state index in [1.54, 1.807) is 20.0 Å². The highest BCUT2D eigenvalue weighted by Crippen LogP contribution is 2.06. The molecule has 0 spiro atoms. The monoisotopic (exact) mass is 601 g/mol. The van der Waals surface area contributed by atoms with Crippen LogP contribution in [0.25, 0.3) is 0 Å². The number of rotatable bonds is 6. The fourth-order valence-corrected chi connectivity index (χ4v) is 2.86. The molecule has 2 rings (SSSR count). The van der Waals surface area contributed by atoms with Crippen molar-refractivity contribution in [1.29, 1.82) is 0 Å². The number of anilines is 1. The first-order valence-electron chi connectivity index (χ1n) is 12.9. The molecule has 2 heterocycles. The number of H-pyrrole nitrogens is 1. The second kappa shape index (κ2) is 20.3. The maximum atomic E-state index is 11.6. The fraction of sp³-hybridized carbons (Fsp3) is 0.548. The minimum atomic E-state index is -0.519. The summed E-state index contributed by atoms with van der Waals surface area (Å²) in [5.41, 5.74) is 4.99. The average Bonchev–Trinajstić information content (AvgIpc) is 2.85. The summed E-state index contributed by atoms with van der Waals surface area (Å²) in [5.74, 6) is 10.7. The van der Waals surface area contributed by atoms with Crippen molar-refractivity contribution in [3.63, 3.8) is 0 Å². The number of aromatic nitrogens is 4. The summed E-state index contributed by atoms with van der Waals surface area (Å²) in [4.78, 5) is 63.3. The van der Waals surface area contributed by atoms with Gasteiger partial charge in [0.25, 0.3) is 5.56 Å². The van der Waals surface area contributed by atoms with E-state index >= 15 is 0 Å². The number of nitrogens with zero attached hydrogens (tertiary/aromatic N) is 3. The molecular formula is C31H51N7O5. The highest BCUT2D eigenvalue weighted by atomic mass is 16.2. The van der Waals surface area contributed by atoms with E-state index in [1.165, 1.54) is 15.3 Å². The van der Waals surface area contributed by atoms with E-state index in [1.807, 2.05) is 41.5 Å². The van der Waals surface area contributed by atoms with Gasteiger partial charge in [-0.3, -0.25) is 28.5 Å². The van der Waals surface area contributed by atoms with Gasteiger partial charge in [0.05, 0.1) is 18.7 Å². The summed E-state index contributed by atoms with van der Waals surface area (Å²) < 4.78 is 2.87. The molecule has 12 nitrogen and oxygen atoms in total. The lowest BCUT2D eigenvalue weighted by Crippen LogP contribution is -2.32. The molecule has 240 valence electrons. The average molecular weight is 602 g/mol. The summed E-state index contributed by atoms with van der Waals surface area (Å²) in [6.07, 6.45) is 3.02. The molecule has 5 N–H and O–H groups in total. The lowest BCUT2D eigenvalue weighted by Gasteiger charge is -2.09. The summed E-state index contributed by atoms with van der Waals surface area (Å²) in [7, 11) is 0. The molecule has 0 bridgehead atoms. The molecule has 0 aromatic carbocycles. The Bertz CT molecular complexity index is 1490. The predicted octanol–water partition coefficient (Wildman–Crippen LogP) is 2.68. The molecule has 12 heteroatoms. The van der Waals surface area contributed by atoms with Crippen LogP contribution in [0.1, 0.15) is 101 Å². The van der Waals surface area contributed by atoms with Crippen molar-refractivity contribution in [3.8, 4) is 23.7 Å². The summed E-state index contributed by atoms with van der Waals surface area (Å²) in [6.45, 7) is 15.0. The van der Waals surface area contributed by atoms with E-state index in [9.17, 15) is 24.0 Å². The third-order valence-corrected chi connectivity index (χ3v) is 5.26. The Morgan fingerprint density at radius 2 is 1.21 bits per heavy atom. The first-order chi connectivity index (χ1) is 18.6. The molecule has 2 aromatic rings. The van der Waals surface area contributed by atoms with Crippen molar-refractivity contribution in [1.82, 2.24) is 29.7 Å². The van der Waals surface area contributed by atoms with Gasteiger partial charge in [-0.1, -0.05) is 73.7 Å². The van der Waals surface area contributed by atoms with Gasteiger partial charge >= 0.3 is 11.4 Å². The molecule has 0 aliphatic carbocycles. The van der Waals surface area contributed by atoms with Crippen LogP contribution in [0.2, 0.25) is 0 Å². The molecule has 0 radical (unpaired) electrons. The largest absolute Gasteiger partial charge is 0.382 e. The van der Waals surface area contributed by atoms with E-state index < -0.39 is 16.9 Å². The van der Waals surface area contributed by atoms with Gasteiger partial charge in [-0.25, -0.2) is 9.59 Å². The SMILES string of the molecule is C.C.C.CC(C)C(=O)NCC#Cc1cn(C(C)C)c(=O)[nH]c1=O.CC(C)C(=O)NCC#Cc1cn(C(C)C)c(=O)nc1N. The van der Waals surface area contributed by atoms with Gasteiger partial charge in [-0.2, -0.15) is 4.98 Å². The van der Waals surface area contributed by atoms with Crippen molar-refractivity contribution in [3.05, 3.63) is 54.8 Å². The van der Waals surface area contributed by atoms with Crippen LogP contribution in [0.4, 0.5) is 5.82 Å². The molecule has 0 saturated heterocycles. The molecule has 43 heavy (non-hydrogen) atoms. The Hall–Kier alpha value is -4.58. The summed E-state index contributed by atoms with van der Waals surface area (Å²) in [5, 5.41) is 5.31. The van der Waals surface area contributed by atoms with E-state index in [4.69, 9.17) is 5.73 Å². The minimum Gasteiger partial charge on any atom is -0.382 e. The molecule has 0 fully saturated rings. The maximum absolute atomic E-state index is 11.6. The fourth-order valence-electron chi connectivity index (χ4n) is 2.86. The zero-order valence-electron chi connectivity index (χ0n) is 24.3. The third-order valence-electron chi connectivity index (χ3n) is 5.26. The molecule has 0 aliphatic rings. The summed E-state index contributed by atoms with van der Waals surface area (Å²) >= 11 is 0. The lowest BCUT2D eigenvalue weighted by molar-refractivity contribution is -0.124. The zero-order chi connectivity index (χ0) is 30.6. The topological polar surface area (TPSA) is 174 Å². The maximum Gasteiger partial charge on any atom is 0.349 e. The van der Waals surface area contributed by atoms with Gasteiger partial charge in [0.2, 0.25) is 11.8 Å². The van der Waals surface area contributed by atoms with Gasteiger partial charge in [-0.15, -0.1) is 0 Å². The first-order valence-corrected chi connectivity index (χ1v) is 12.9. The first kappa shape index (κ1) is 42.9. The molecule has 0 aliphatic heterocycles.